The fourth-order valence-corrected chi connectivity index (χ4v) is 4.56. The third-order valence-electron chi connectivity index (χ3n) is 5.95. The highest BCUT2D eigenvalue weighted by Gasteiger charge is 2.37. The molecule has 0 amide bonds. The van der Waals surface area contributed by atoms with E-state index in [-0.39, 0.29) is 49.2 Å². The number of likely N-dealkylation sites (tertiary alicyclic amines) is 2. The first-order chi connectivity index (χ1) is 12.7. The van der Waals surface area contributed by atoms with Gasteiger partial charge in [-0.2, -0.15) is 0 Å². The predicted molar refractivity (Wildman–Crippen MR) is 114 cm³/mol. The lowest BCUT2D eigenvalue weighted by molar-refractivity contribution is -0.181. The number of esters is 1. The van der Waals surface area contributed by atoms with Gasteiger partial charge in [0.2, 0.25) is 0 Å². The number of nitrogens with zero attached hydrogens (tertiary/aromatic N) is 2. The highest BCUT2D eigenvalue weighted by molar-refractivity contribution is 5.85. The van der Waals surface area contributed by atoms with E-state index in [4.69, 9.17) is 14.2 Å². The van der Waals surface area contributed by atoms with Crippen LogP contribution in [0.3, 0.4) is 0 Å². The van der Waals surface area contributed by atoms with Gasteiger partial charge in [-0.05, 0) is 58.8 Å². The Morgan fingerprint density at radius 1 is 0.893 bits per heavy atom. The number of ether oxygens (including phenoxy) is 3. The lowest BCUT2D eigenvalue weighted by Gasteiger charge is -2.39. The predicted octanol–water partition coefficient (Wildman–Crippen LogP) is 3.46. The van der Waals surface area contributed by atoms with Gasteiger partial charge in [0.05, 0.1) is 24.7 Å². The van der Waals surface area contributed by atoms with Crippen LogP contribution in [-0.2, 0) is 19.0 Å². The minimum absolute atomic E-state index is 0. The van der Waals surface area contributed by atoms with Crippen LogP contribution >= 0.6 is 24.8 Å². The fourth-order valence-electron chi connectivity index (χ4n) is 4.56. The van der Waals surface area contributed by atoms with Crippen LogP contribution in [-0.4, -0.2) is 73.7 Å². The first-order valence-corrected chi connectivity index (χ1v) is 10.6. The molecule has 2 saturated heterocycles. The lowest BCUT2D eigenvalue weighted by atomic mass is 9.87. The Balaban J connectivity index is 0.00000196. The van der Waals surface area contributed by atoms with Crippen LogP contribution in [0.25, 0.3) is 0 Å². The van der Waals surface area contributed by atoms with Crippen molar-refractivity contribution in [1.29, 1.82) is 0 Å². The van der Waals surface area contributed by atoms with Crippen molar-refractivity contribution < 1.29 is 19.0 Å². The van der Waals surface area contributed by atoms with E-state index >= 15 is 0 Å². The van der Waals surface area contributed by atoms with Gasteiger partial charge in [-0.3, -0.25) is 14.6 Å². The number of hydrogen-bond acceptors (Lipinski definition) is 6. The van der Waals surface area contributed by atoms with Gasteiger partial charge >= 0.3 is 5.97 Å². The molecule has 2 heterocycles. The monoisotopic (exact) mass is 440 g/mol. The number of hydrogen-bond donors (Lipinski definition) is 0. The summed E-state index contributed by atoms with van der Waals surface area (Å²) in [4.78, 5) is 16.9. The van der Waals surface area contributed by atoms with Crippen molar-refractivity contribution in [3.8, 4) is 0 Å². The summed E-state index contributed by atoms with van der Waals surface area (Å²) >= 11 is 0. The van der Waals surface area contributed by atoms with Crippen LogP contribution in [0.15, 0.2) is 0 Å². The Labute approximate surface area is 182 Å². The van der Waals surface area contributed by atoms with Crippen molar-refractivity contribution in [2.45, 2.75) is 77.4 Å². The molecule has 0 aromatic rings. The average Bonchev–Trinajstić information content (AvgIpc) is 3.33. The summed E-state index contributed by atoms with van der Waals surface area (Å²) in [7, 11) is 0. The first kappa shape index (κ1) is 25.9. The maximum atomic E-state index is 11.9. The lowest BCUT2D eigenvalue weighted by Crippen LogP contribution is -2.50. The van der Waals surface area contributed by atoms with Gasteiger partial charge in [0.25, 0.3) is 0 Å². The van der Waals surface area contributed by atoms with Crippen LogP contribution in [0.1, 0.15) is 58.8 Å². The Morgan fingerprint density at radius 2 is 1.57 bits per heavy atom. The molecule has 6 nitrogen and oxygen atoms in total. The van der Waals surface area contributed by atoms with Crippen molar-refractivity contribution >= 4 is 30.8 Å². The molecule has 0 radical (unpaired) electrons. The zero-order valence-electron chi connectivity index (χ0n) is 17.3. The topological polar surface area (TPSA) is 51.2 Å². The average molecular weight is 441 g/mol. The Morgan fingerprint density at radius 3 is 2.18 bits per heavy atom. The summed E-state index contributed by atoms with van der Waals surface area (Å²) < 4.78 is 17.6. The molecule has 3 aliphatic rings. The second kappa shape index (κ2) is 13.2. The largest absolute Gasteiger partial charge is 0.466 e. The summed E-state index contributed by atoms with van der Waals surface area (Å²) in [5.41, 5.74) is 0. The second-order valence-corrected chi connectivity index (χ2v) is 7.79. The molecule has 2 aliphatic heterocycles. The van der Waals surface area contributed by atoms with E-state index in [1.807, 2.05) is 6.92 Å². The molecule has 1 unspecified atom stereocenters. The molecule has 0 aromatic heterocycles. The standard InChI is InChI=1S/C20H36N2O4.2ClH/c1-3-24-18-11-14-22(15-18)20(21-12-5-6-13-21)26-17-9-7-16(8-10-17)19(23)25-4-2;;/h16-18,20H,3-15H2,1-2H3;2*1H/t16?,17?,18-,20?;;/m0../s1. The molecular weight excluding hydrogens is 403 g/mol. The molecule has 0 N–H and O–H groups in total. The molecule has 0 bridgehead atoms. The van der Waals surface area contributed by atoms with Gasteiger partial charge in [-0.1, -0.05) is 0 Å². The number of carbonyl (C=O) groups excluding carboxylic acids is 1. The van der Waals surface area contributed by atoms with Gasteiger partial charge in [0, 0.05) is 32.8 Å². The smallest absolute Gasteiger partial charge is 0.308 e. The van der Waals surface area contributed by atoms with Crippen LogP contribution in [0, 0.1) is 5.92 Å². The Hall–Kier alpha value is -0.110. The molecule has 1 aliphatic carbocycles. The zero-order valence-corrected chi connectivity index (χ0v) is 19.0. The molecule has 1 saturated carbocycles. The summed E-state index contributed by atoms with van der Waals surface area (Å²) in [6.07, 6.45) is 7.97. The van der Waals surface area contributed by atoms with Crippen molar-refractivity contribution in [1.82, 2.24) is 9.80 Å². The molecule has 2 atom stereocenters. The summed E-state index contributed by atoms with van der Waals surface area (Å²) in [5.74, 6) is 0.0373. The van der Waals surface area contributed by atoms with Gasteiger partial charge < -0.3 is 14.2 Å². The van der Waals surface area contributed by atoms with E-state index < -0.39 is 0 Å². The van der Waals surface area contributed by atoms with E-state index in [1.165, 1.54) is 12.8 Å². The van der Waals surface area contributed by atoms with Gasteiger partial charge in [-0.15, -0.1) is 24.8 Å². The minimum atomic E-state index is -0.0267. The summed E-state index contributed by atoms with van der Waals surface area (Å²) in [6, 6.07) is 0. The van der Waals surface area contributed by atoms with E-state index in [9.17, 15) is 4.79 Å². The number of rotatable bonds is 8. The Bertz CT molecular complexity index is 444. The second-order valence-electron chi connectivity index (χ2n) is 7.79. The first-order valence-electron chi connectivity index (χ1n) is 10.6. The van der Waals surface area contributed by atoms with Crippen molar-refractivity contribution in [2.24, 2.45) is 5.92 Å². The van der Waals surface area contributed by atoms with E-state index in [0.29, 0.717) is 12.7 Å². The van der Waals surface area contributed by atoms with Crippen LogP contribution < -0.4 is 0 Å². The van der Waals surface area contributed by atoms with Crippen LogP contribution in [0.5, 0.6) is 0 Å². The molecule has 166 valence electrons. The molecular formula is C20H38Cl2N2O4. The quantitative estimate of drug-likeness (QED) is 0.538. The molecule has 8 heteroatoms. The SMILES string of the molecule is CCOC(=O)C1CCC(OC(N2CCCC2)N2CC[C@H](OCC)C2)CC1.Cl.Cl. The highest BCUT2D eigenvalue weighted by atomic mass is 35.5. The normalized spacial score (nSPS) is 29.7. The molecule has 3 fully saturated rings. The third kappa shape index (κ3) is 6.99. The number of halogens is 2. The molecule has 0 spiro atoms. The Kier molecular flexibility index (Phi) is 12.3. The fraction of sp³-hybridized carbons (Fsp3) is 0.950. The van der Waals surface area contributed by atoms with Gasteiger partial charge in [0.15, 0.2) is 6.35 Å². The maximum absolute atomic E-state index is 11.9. The van der Waals surface area contributed by atoms with Crippen molar-refractivity contribution in [3.63, 3.8) is 0 Å². The molecule has 3 rings (SSSR count). The maximum Gasteiger partial charge on any atom is 0.308 e. The zero-order chi connectivity index (χ0) is 18.4. The van der Waals surface area contributed by atoms with E-state index in [1.54, 1.807) is 0 Å². The van der Waals surface area contributed by atoms with Crippen molar-refractivity contribution in [3.05, 3.63) is 0 Å². The van der Waals surface area contributed by atoms with Gasteiger partial charge in [-0.25, -0.2) is 0 Å². The number of carbonyl (C=O) groups is 1. The van der Waals surface area contributed by atoms with Crippen molar-refractivity contribution in [2.75, 3.05) is 39.4 Å². The highest BCUT2D eigenvalue weighted by Crippen LogP contribution is 2.30. The van der Waals surface area contributed by atoms with Crippen LogP contribution in [0.4, 0.5) is 0 Å². The van der Waals surface area contributed by atoms with E-state index in [0.717, 1.165) is 64.9 Å². The minimum Gasteiger partial charge on any atom is -0.466 e. The summed E-state index contributed by atoms with van der Waals surface area (Å²) in [6.45, 7) is 9.46. The third-order valence-corrected chi connectivity index (χ3v) is 5.95. The van der Waals surface area contributed by atoms with Gasteiger partial charge in [0.1, 0.15) is 0 Å². The molecule has 28 heavy (non-hydrogen) atoms. The van der Waals surface area contributed by atoms with Crippen LogP contribution in [0.2, 0.25) is 0 Å². The molecule has 0 aromatic carbocycles. The summed E-state index contributed by atoms with van der Waals surface area (Å²) in [5, 5.41) is 0. The van der Waals surface area contributed by atoms with E-state index in [2.05, 4.69) is 16.7 Å².